The van der Waals surface area contributed by atoms with Crippen molar-refractivity contribution in [1.82, 2.24) is 0 Å². The summed E-state index contributed by atoms with van der Waals surface area (Å²) in [5.74, 6) is 0. The molecule has 1 aliphatic heterocycles. The predicted octanol–water partition coefficient (Wildman–Crippen LogP) is 2.43. The van der Waals surface area contributed by atoms with E-state index >= 15 is 0 Å². The molecule has 1 heterocycles. The minimum Gasteiger partial charge on any atom is -0.400 e. The molecule has 1 fully saturated rings. The van der Waals surface area contributed by atoms with Gasteiger partial charge in [-0.25, -0.2) is 0 Å². The summed E-state index contributed by atoms with van der Waals surface area (Å²) in [4.78, 5) is 0. The summed E-state index contributed by atoms with van der Waals surface area (Å²) in [6.07, 6.45) is 8.97. The summed E-state index contributed by atoms with van der Waals surface area (Å²) in [5, 5.41) is 16.2. The molecule has 0 bridgehead atoms. The third kappa shape index (κ3) is 17.8. The predicted molar refractivity (Wildman–Crippen MR) is 77.3 cm³/mol. The van der Waals surface area contributed by atoms with Crippen LogP contribution in [0.2, 0.25) is 0 Å². The summed E-state index contributed by atoms with van der Waals surface area (Å²) in [7, 11) is 2.59. The van der Waals surface area contributed by atoms with Crippen molar-refractivity contribution in [3.63, 3.8) is 0 Å². The monoisotopic (exact) mass is 264 g/mol. The minimum atomic E-state index is -0.256. The number of aliphatic hydroxyl groups is 2. The Balaban J connectivity index is -0.000000105. The number of aliphatic hydroxyl groups excluding tert-OH is 2. The zero-order chi connectivity index (χ0) is 15.6. The molecular formula is C14H32O4. The highest BCUT2D eigenvalue weighted by atomic mass is 16.7. The molecule has 0 aliphatic carbocycles. The van der Waals surface area contributed by atoms with Crippen molar-refractivity contribution < 1.29 is 19.7 Å². The first-order valence-electron chi connectivity index (χ1n) is 6.36. The molecule has 1 rings (SSSR count). The second-order valence-electron chi connectivity index (χ2n) is 2.74. The SMILES string of the molecule is C#C.CC.CC.CO.CO[C@H]1CC(O)CC(C)O1. The third-order valence-corrected chi connectivity index (χ3v) is 1.72. The fourth-order valence-corrected chi connectivity index (χ4v) is 1.22. The van der Waals surface area contributed by atoms with Gasteiger partial charge in [0.25, 0.3) is 0 Å². The quantitative estimate of drug-likeness (QED) is 0.714. The Labute approximate surface area is 113 Å². The maximum atomic E-state index is 9.22. The summed E-state index contributed by atoms with van der Waals surface area (Å²) in [6.45, 7) is 9.94. The number of hydrogen-bond acceptors (Lipinski definition) is 4. The Morgan fingerprint density at radius 1 is 1.06 bits per heavy atom. The van der Waals surface area contributed by atoms with Crippen LogP contribution in [0.4, 0.5) is 0 Å². The molecule has 4 nitrogen and oxygen atoms in total. The molecule has 2 unspecified atom stereocenters. The fraction of sp³-hybridized carbons (Fsp3) is 0.857. The number of ether oxygens (including phenoxy) is 2. The van der Waals surface area contributed by atoms with E-state index in [2.05, 4.69) is 12.8 Å². The van der Waals surface area contributed by atoms with Crippen LogP contribution in [0.3, 0.4) is 0 Å². The van der Waals surface area contributed by atoms with Gasteiger partial charge in [0.1, 0.15) is 0 Å². The molecule has 3 atom stereocenters. The molecule has 0 amide bonds. The van der Waals surface area contributed by atoms with Gasteiger partial charge in [0.15, 0.2) is 6.29 Å². The van der Waals surface area contributed by atoms with Gasteiger partial charge in [-0.15, -0.1) is 12.8 Å². The van der Waals surface area contributed by atoms with Crippen LogP contribution in [-0.2, 0) is 9.47 Å². The zero-order valence-corrected chi connectivity index (χ0v) is 13.0. The smallest absolute Gasteiger partial charge is 0.160 e. The number of hydrogen-bond donors (Lipinski definition) is 2. The van der Waals surface area contributed by atoms with Crippen LogP contribution in [0.1, 0.15) is 47.5 Å². The van der Waals surface area contributed by atoms with Gasteiger partial charge in [-0.1, -0.05) is 27.7 Å². The Kier molecular flexibility index (Phi) is 36.6. The summed E-state index contributed by atoms with van der Waals surface area (Å²) < 4.78 is 10.3. The maximum Gasteiger partial charge on any atom is 0.160 e. The molecule has 112 valence electrons. The summed E-state index contributed by atoms with van der Waals surface area (Å²) in [5.41, 5.74) is 0. The average molecular weight is 264 g/mol. The van der Waals surface area contributed by atoms with E-state index < -0.39 is 0 Å². The number of rotatable bonds is 1. The highest BCUT2D eigenvalue weighted by molar-refractivity contribution is 4.69. The Morgan fingerprint density at radius 3 is 1.72 bits per heavy atom. The van der Waals surface area contributed by atoms with Crippen LogP contribution in [0.25, 0.3) is 0 Å². The minimum absolute atomic E-state index is 0.119. The molecule has 2 N–H and O–H groups in total. The molecule has 0 spiro atoms. The van der Waals surface area contributed by atoms with Crippen LogP contribution in [0.5, 0.6) is 0 Å². The second kappa shape index (κ2) is 25.3. The number of terminal acetylenes is 1. The third-order valence-electron chi connectivity index (χ3n) is 1.72. The van der Waals surface area contributed by atoms with E-state index in [1.54, 1.807) is 7.11 Å². The van der Waals surface area contributed by atoms with Crippen molar-refractivity contribution in [3.05, 3.63) is 0 Å². The van der Waals surface area contributed by atoms with Crippen molar-refractivity contribution >= 4 is 0 Å². The Morgan fingerprint density at radius 2 is 1.44 bits per heavy atom. The molecule has 4 heteroatoms. The van der Waals surface area contributed by atoms with Crippen molar-refractivity contribution in [2.45, 2.75) is 66.0 Å². The zero-order valence-electron chi connectivity index (χ0n) is 13.0. The van der Waals surface area contributed by atoms with Gasteiger partial charge in [-0.05, 0) is 13.3 Å². The van der Waals surface area contributed by atoms with E-state index in [9.17, 15) is 5.11 Å². The van der Waals surface area contributed by atoms with Gasteiger partial charge in [0.2, 0.25) is 0 Å². The molecule has 0 aromatic heterocycles. The summed E-state index contributed by atoms with van der Waals surface area (Å²) in [6, 6.07) is 0. The molecule has 0 saturated carbocycles. The average Bonchev–Trinajstić information content (AvgIpc) is 2.46. The second-order valence-corrected chi connectivity index (χ2v) is 2.74. The standard InChI is InChI=1S/C7H14O3.2C2H6.C2H2.CH4O/c1-5-3-6(8)4-7(9-2)10-5;4*1-2/h5-8H,3-4H2,1-2H3;2*1-2H3;1-2H;2H,1H3/t5?,6?,7-;;;;/m1..../s1. The van der Waals surface area contributed by atoms with Crippen molar-refractivity contribution in [2.75, 3.05) is 14.2 Å². The van der Waals surface area contributed by atoms with E-state index in [1.165, 1.54) is 0 Å². The molecule has 0 aromatic rings. The first kappa shape index (κ1) is 26.1. The van der Waals surface area contributed by atoms with Gasteiger partial charge >= 0.3 is 0 Å². The largest absolute Gasteiger partial charge is 0.400 e. The molecule has 0 aromatic carbocycles. The lowest BCUT2D eigenvalue weighted by Gasteiger charge is -2.29. The number of methoxy groups -OCH3 is 1. The molecular weight excluding hydrogens is 232 g/mol. The molecule has 1 aliphatic rings. The van der Waals surface area contributed by atoms with Gasteiger partial charge in [0.05, 0.1) is 12.2 Å². The van der Waals surface area contributed by atoms with Gasteiger partial charge in [-0.2, -0.15) is 0 Å². The van der Waals surface area contributed by atoms with Gasteiger partial charge < -0.3 is 19.7 Å². The van der Waals surface area contributed by atoms with Crippen LogP contribution < -0.4 is 0 Å². The van der Waals surface area contributed by atoms with E-state index in [4.69, 9.17) is 14.6 Å². The lowest BCUT2D eigenvalue weighted by atomic mass is 10.1. The lowest BCUT2D eigenvalue weighted by molar-refractivity contribution is -0.198. The van der Waals surface area contributed by atoms with Crippen molar-refractivity contribution in [3.8, 4) is 12.8 Å². The first-order chi connectivity index (χ1) is 8.72. The van der Waals surface area contributed by atoms with Crippen molar-refractivity contribution in [2.24, 2.45) is 0 Å². The van der Waals surface area contributed by atoms with Gasteiger partial charge in [0, 0.05) is 20.6 Å². The molecule has 0 radical (unpaired) electrons. The van der Waals surface area contributed by atoms with Gasteiger partial charge in [-0.3, -0.25) is 0 Å². The van der Waals surface area contributed by atoms with Crippen molar-refractivity contribution in [1.29, 1.82) is 0 Å². The van der Waals surface area contributed by atoms with Crippen LogP contribution in [0.15, 0.2) is 0 Å². The normalized spacial score (nSPS) is 24.3. The molecule has 18 heavy (non-hydrogen) atoms. The van der Waals surface area contributed by atoms with E-state index in [1.807, 2.05) is 34.6 Å². The van der Waals surface area contributed by atoms with E-state index in [-0.39, 0.29) is 18.5 Å². The molecule has 1 saturated heterocycles. The van der Waals surface area contributed by atoms with E-state index in [0.29, 0.717) is 6.42 Å². The highest BCUT2D eigenvalue weighted by Gasteiger charge is 2.24. The van der Waals surface area contributed by atoms with Crippen LogP contribution >= 0.6 is 0 Å². The Bertz CT molecular complexity index is 127. The summed E-state index contributed by atoms with van der Waals surface area (Å²) >= 11 is 0. The van der Waals surface area contributed by atoms with E-state index in [0.717, 1.165) is 13.5 Å². The maximum absolute atomic E-state index is 9.22. The fourth-order valence-electron chi connectivity index (χ4n) is 1.22. The lowest BCUT2D eigenvalue weighted by Crippen LogP contribution is -2.34. The first-order valence-corrected chi connectivity index (χ1v) is 6.36. The topological polar surface area (TPSA) is 58.9 Å². The highest BCUT2D eigenvalue weighted by Crippen LogP contribution is 2.19. The van der Waals surface area contributed by atoms with Crippen LogP contribution in [0, 0.1) is 12.8 Å². The van der Waals surface area contributed by atoms with Crippen LogP contribution in [-0.4, -0.2) is 42.9 Å². The Hall–Kier alpha value is -0.600.